The van der Waals surface area contributed by atoms with Crippen LogP contribution in [0.15, 0.2) is 77.4 Å². The number of anilines is 1. The fraction of sp³-hybridized carbons (Fsp3) is 0.404. The van der Waals surface area contributed by atoms with E-state index >= 15 is 0 Å². The molecule has 2 unspecified atom stereocenters. The molecule has 5 atom stereocenters. The number of thiazole rings is 1. The number of aliphatic imine (C=N–C) groups is 1. The van der Waals surface area contributed by atoms with E-state index in [9.17, 15) is 24.3 Å². The van der Waals surface area contributed by atoms with Gasteiger partial charge in [0.25, 0.3) is 0 Å². The third kappa shape index (κ3) is 10.7. The van der Waals surface area contributed by atoms with Crippen LogP contribution in [0.2, 0.25) is 5.02 Å². The van der Waals surface area contributed by atoms with E-state index in [0.29, 0.717) is 29.6 Å². The largest absolute Gasteiger partial charge is 0.391 e. The van der Waals surface area contributed by atoms with Crippen LogP contribution < -0.4 is 20.9 Å². The summed E-state index contributed by atoms with van der Waals surface area (Å²) in [5.41, 5.74) is 9.20. The maximum absolute atomic E-state index is 14.2. The number of nitrogens with one attached hydrogen (secondary N) is 3. The van der Waals surface area contributed by atoms with E-state index in [0.717, 1.165) is 67.0 Å². The Morgan fingerprint density at radius 1 is 0.915 bits per heavy atom. The first-order valence-corrected chi connectivity index (χ1v) is 25.9. The summed E-state index contributed by atoms with van der Waals surface area (Å²) in [6.07, 6.45) is 1.67. The first kappa shape index (κ1) is 49.6. The Morgan fingerprint density at radius 3 is 2.35 bits per heavy atom. The lowest BCUT2D eigenvalue weighted by atomic mass is 9.85. The molecule has 71 heavy (non-hydrogen) atoms. The zero-order chi connectivity index (χ0) is 50.3. The van der Waals surface area contributed by atoms with E-state index in [1.807, 2.05) is 99.3 Å². The number of nitrogens with zero attached hydrogens (tertiary/aromatic N) is 8. The number of benzene rings is 2. The molecular formula is C52H58ClN11O5S2. The highest BCUT2D eigenvalue weighted by Gasteiger charge is 2.44. The van der Waals surface area contributed by atoms with Gasteiger partial charge in [0.05, 0.1) is 52.6 Å². The number of hydrogen-bond acceptors (Lipinski definition) is 13. The number of aliphatic hydroxyl groups is 1. The lowest BCUT2D eigenvalue weighted by molar-refractivity contribution is -0.144. The second kappa shape index (κ2) is 20.4. The van der Waals surface area contributed by atoms with Crippen LogP contribution in [0.4, 0.5) is 5.69 Å². The summed E-state index contributed by atoms with van der Waals surface area (Å²) in [4.78, 5) is 75.3. The molecule has 2 saturated heterocycles. The molecule has 16 nitrogen and oxygen atoms in total. The monoisotopic (exact) mass is 1020 g/mol. The number of aryl methyl sites for hydroxylation is 3. The van der Waals surface area contributed by atoms with E-state index in [1.54, 1.807) is 34.9 Å². The number of aromatic nitrogens is 5. The SMILES string of the molecule is Cc1ncsc1-c1ccc(CNC(=O)[C@@H]2CC(O)CN2C(=O)[C@@H](NC(=O)Cc2ccc(N3CC[C@H](NC(=O)CC4N=C(c5ccc(Cl)cc5)c5c(sc(C)c5C)-n5c(C)nnc54)C3)cn2)C(C)(C)C)cc1. The predicted octanol–water partition coefficient (Wildman–Crippen LogP) is 6.76. The minimum atomic E-state index is -0.973. The van der Waals surface area contributed by atoms with E-state index < -0.39 is 41.5 Å². The van der Waals surface area contributed by atoms with Crippen molar-refractivity contribution >= 4 is 69.3 Å². The fourth-order valence-corrected chi connectivity index (χ4v) is 11.7. The molecule has 9 rings (SSSR count). The van der Waals surface area contributed by atoms with Crippen LogP contribution in [0.5, 0.6) is 0 Å². The number of thiophene rings is 1. The van der Waals surface area contributed by atoms with E-state index in [4.69, 9.17) is 16.6 Å². The average molecular weight is 1020 g/mol. The summed E-state index contributed by atoms with van der Waals surface area (Å²) in [6.45, 7) is 15.1. The van der Waals surface area contributed by atoms with Crippen molar-refractivity contribution in [1.29, 1.82) is 0 Å². The number of carbonyl (C=O) groups excluding carboxylic acids is 4. The molecule has 0 radical (unpaired) electrons. The topological polar surface area (TPSA) is 200 Å². The van der Waals surface area contributed by atoms with Gasteiger partial charge in [0.1, 0.15) is 29.0 Å². The summed E-state index contributed by atoms with van der Waals surface area (Å²) < 4.78 is 2.04. The predicted molar refractivity (Wildman–Crippen MR) is 276 cm³/mol. The normalized spacial score (nSPS) is 19.1. The quantitative estimate of drug-likeness (QED) is 0.0959. The molecule has 7 heterocycles. The van der Waals surface area contributed by atoms with E-state index in [-0.39, 0.29) is 50.2 Å². The van der Waals surface area contributed by atoms with Gasteiger partial charge < -0.3 is 30.9 Å². The lowest BCUT2D eigenvalue weighted by Gasteiger charge is -2.35. The Morgan fingerprint density at radius 2 is 1.66 bits per heavy atom. The Hall–Kier alpha value is -6.34. The lowest BCUT2D eigenvalue weighted by Crippen LogP contribution is -2.58. The maximum Gasteiger partial charge on any atom is 0.246 e. The number of likely N-dealkylation sites (tertiary alicyclic amines) is 1. The van der Waals surface area contributed by atoms with Crippen molar-refractivity contribution in [3.8, 4) is 15.4 Å². The first-order valence-electron chi connectivity index (χ1n) is 23.8. The standard InChI is InChI=1S/C52H58ClN11O5S2/c1-28-30(3)71-51-44(28)45(33-12-14-35(53)15-13-33)58-40(48-61-60-31(4)64(48)51)22-43(67)57-37-18-19-62(25-37)38-17-16-36(54-24-38)20-42(66)59-47(52(5,6)7)50(69)63-26-39(65)21-41(63)49(68)55-23-32-8-10-34(11-9-32)46-29(2)56-27-70-46/h8-17,24,27,37,39-41,47,65H,18-23,25-26H2,1-7H3,(H,55,68)(H,57,67)(H,59,66)/t37-,39?,40?,41-,47+/m0/s1. The molecule has 19 heteroatoms. The highest BCUT2D eigenvalue weighted by Crippen LogP contribution is 2.40. The van der Waals surface area contributed by atoms with Crippen LogP contribution in [0.25, 0.3) is 15.4 Å². The minimum Gasteiger partial charge on any atom is -0.391 e. The summed E-state index contributed by atoms with van der Waals surface area (Å²) >= 11 is 9.52. The molecule has 3 aliphatic heterocycles. The van der Waals surface area contributed by atoms with Gasteiger partial charge in [0.2, 0.25) is 23.6 Å². The molecular weight excluding hydrogens is 958 g/mol. The van der Waals surface area contributed by atoms with E-state index in [1.165, 1.54) is 9.78 Å². The number of pyridine rings is 1. The smallest absolute Gasteiger partial charge is 0.246 e. The van der Waals surface area contributed by atoms with Crippen molar-refractivity contribution < 1.29 is 24.3 Å². The van der Waals surface area contributed by atoms with Crippen LogP contribution in [0, 0.1) is 33.1 Å². The Labute approximate surface area is 426 Å². The molecule has 4 aromatic heterocycles. The summed E-state index contributed by atoms with van der Waals surface area (Å²) in [5, 5.41) is 30.4. The van der Waals surface area contributed by atoms with Crippen LogP contribution in [-0.4, -0.2) is 108 Å². The highest BCUT2D eigenvalue weighted by molar-refractivity contribution is 7.15. The second-order valence-electron chi connectivity index (χ2n) is 19.7. The number of β-amino-alcohol motifs (C(OH)–C–C–N with tert-alkyl or cyclic N) is 1. The number of halogens is 1. The Bertz CT molecular complexity index is 3000. The van der Waals surface area contributed by atoms with Crippen molar-refractivity contribution in [2.45, 2.75) is 111 Å². The third-order valence-corrected chi connectivity index (χ3v) is 15.9. The Balaban J connectivity index is 0.795. The van der Waals surface area contributed by atoms with Crippen molar-refractivity contribution in [1.82, 2.24) is 45.6 Å². The summed E-state index contributed by atoms with van der Waals surface area (Å²) in [5.74, 6) is 0.00489. The van der Waals surface area contributed by atoms with Crippen molar-refractivity contribution in [2.24, 2.45) is 10.4 Å². The van der Waals surface area contributed by atoms with Crippen molar-refractivity contribution in [3.63, 3.8) is 0 Å². The zero-order valence-corrected chi connectivity index (χ0v) is 43.2. The fourth-order valence-electron chi connectivity index (χ4n) is 9.57. The third-order valence-electron chi connectivity index (χ3n) is 13.5. The molecule has 0 bridgehead atoms. The number of rotatable bonds is 13. The minimum absolute atomic E-state index is 0.0208. The molecule has 4 N–H and O–H groups in total. The van der Waals surface area contributed by atoms with Gasteiger partial charge in [-0.1, -0.05) is 68.8 Å². The van der Waals surface area contributed by atoms with Gasteiger partial charge in [-0.2, -0.15) is 0 Å². The number of hydrogen-bond donors (Lipinski definition) is 4. The number of carbonyl (C=O) groups is 4. The molecule has 0 saturated carbocycles. The van der Waals surface area contributed by atoms with Crippen LogP contribution >= 0.6 is 34.3 Å². The Kier molecular flexibility index (Phi) is 14.3. The van der Waals surface area contributed by atoms with Crippen molar-refractivity contribution in [2.75, 3.05) is 24.5 Å². The number of aliphatic hydroxyl groups excluding tert-OH is 1. The molecule has 370 valence electrons. The van der Waals surface area contributed by atoms with Gasteiger partial charge in [-0.25, -0.2) is 4.98 Å². The molecule has 2 aromatic carbocycles. The van der Waals surface area contributed by atoms with Gasteiger partial charge in [-0.05, 0) is 80.5 Å². The molecule has 0 aliphatic carbocycles. The van der Waals surface area contributed by atoms with Gasteiger partial charge >= 0.3 is 0 Å². The molecule has 2 fully saturated rings. The summed E-state index contributed by atoms with van der Waals surface area (Å²) in [6, 6.07) is 16.6. The van der Waals surface area contributed by atoms with Crippen LogP contribution in [0.3, 0.4) is 0 Å². The molecule has 6 aromatic rings. The van der Waals surface area contributed by atoms with E-state index in [2.05, 4.69) is 54.9 Å². The van der Waals surface area contributed by atoms with Gasteiger partial charge in [0, 0.05) is 65.4 Å². The molecule has 0 spiro atoms. The van der Waals surface area contributed by atoms with Gasteiger partial charge in [-0.3, -0.25) is 33.7 Å². The maximum atomic E-state index is 14.2. The zero-order valence-electron chi connectivity index (χ0n) is 40.8. The van der Waals surface area contributed by atoms with Crippen molar-refractivity contribution in [3.05, 3.63) is 128 Å². The number of fused-ring (bicyclic) bond motifs is 3. The summed E-state index contributed by atoms with van der Waals surface area (Å²) in [7, 11) is 0. The second-order valence-corrected chi connectivity index (χ2v) is 22.2. The first-order chi connectivity index (χ1) is 33.9. The molecule has 3 aliphatic rings. The highest BCUT2D eigenvalue weighted by atomic mass is 35.5. The van der Waals surface area contributed by atoms with Gasteiger partial charge in [0.15, 0.2) is 5.82 Å². The van der Waals surface area contributed by atoms with Crippen LogP contribution in [-0.2, 0) is 32.1 Å². The average Bonchev–Trinajstić information content (AvgIpc) is 4.18. The van der Waals surface area contributed by atoms with Crippen LogP contribution in [0.1, 0.15) is 96.2 Å². The van der Waals surface area contributed by atoms with Gasteiger partial charge in [-0.15, -0.1) is 32.9 Å². The molecule has 4 amide bonds. The number of amides is 4.